The molecule has 0 spiro atoms. The molecule has 0 aromatic heterocycles. The number of halogens is 1. The molecule has 1 heterocycles. The van der Waals surface area contributed by atoms with E-state index in [2.05, 4.69) is 5.32 Å². The van der Waals surface area contributed by atoms with Gasteiger partial charge >= 0.3 is 0 Å². The van der Waals surface area contributed by atoms with E-state index in [1.807, 2.05) is 0 Å². The molecule has 35 heavy (non-hydrogen) atoms. The largest absolute Gasteiger partial charge is 0.492 e. The van der Waals surface area contributed by atoms with E-state index >= 15 is 0 Å². The average Bonchev–Trinajstić information content (AvgIpc) is 2.83. The summed E-state index contributed by atoms with van der Waals surface area (Å²) in [5.74, 6) is -0.710. The molecule has 0 saturated carbocycles. The van der Waals surface area contributed by atoms with Gasteiger partial charge in [0.1, 0.15) is 18.2 Å². The van der Waals surface area contributed by atoms with Gasteiger partial charge in [0.15, 0.2) is 0 Å². The lowest BCUT2D eigenvalue weighted by Crippen LogP contribution is -2.41. The van der Waals surface area contributed by atoms with Crippen molar-refractivity contribution < 1.29 is 35.5 Å². The van der Waals surface area contributed by atoms with E-state index in [1.54, 1.807) is 6.07 Å². The van der Waals surface area contributed by atoms with E-state index in [1.165, 1.54) is 46.8 Å². The van der Waals surface area contributed by atoms with Crippen molar-refractivity contribution in [1.82, 2.24) is 13.9 Å². The predicted molar refractivity (Wildman–Crippen MR) is 126 cm³/mol. The smallest absolute Gasteiger partial charge is 0.243 e. The topological polar surface area (TPSA) is 122 Å². The highest BCUT2D eigenvalue weighted by Crippen LogP contribution is 2.20. The van der Waals surface area contributed by atoms with Gasteiger partial charge in [-0.2, -0.15) is 8.61 Å². The minimum Gasteiger partial charge on any atom is -0.492 e. The molecule has 1 N–H and O–H groups in total. The molecule has 1 amide bonds. The number of carbonyl (C=O) groups is 1. The van der Waals surface area contributed by atoms with Crippen LogP contribution in [0.5, 0.6) is 5.75 Å². The van der Waals surface area contributed by atoms with Gasteiger partial charge in [-0.15, -0.1) is 0 Å². The highest BCUT2D eigenvalue weighted by molar-refractivity contribution is 7.89. The lowest BCUT2D eigenvalue weighted by Gasteiger charge is -2.26. The number of hydrogen-bond donors (Lipinski definition) is 1. The Balaban J connectivity index is 1.47. The molecule has 192 valence electrons. The molecular weight excluding hydrogens is 501 g/mol. The minimum atomic E-state index is -3.76. The molecule has 10 nitrogen and oxygen atoms in total. The summed E-state index contributed by atoms with van der Waals surface area (Å²) in [7, 11) is -7.36. The second-order valence-electron chi connectivity index (χ2n) is 7.81. The van der Waals surface area contributed by atoms with Crippen LogP contribution in [0.1, 0.15) is 5.56 Å². The summed E-state index contributed by atoms with van der Waals surface area (Å²) in [4.78, 5) is 12.4. The first kappa shape index (κ1) is 27.0. The van der Waals surface area contributed by atoms with E-state index < -0.39 is 38.3 Å². The van der Waals surface area contributed by atoms with Gasteiger partial charge < -0.3 is 14.8 Å². The first-order chi connectivity index (χ1) is 16.6. The molecule has 1 aliphatic rings. The van der Waals surface area contributed by atoms with Crippen LogP contribution in [-0.2, 0) is 36.1 Å². The molecule has 0 unspecified atom stereocenters. The third kappa shape index (κ3) is 7.70. The SMILES string of the molecule is CS(=O)(=O)N(CC(=O)NCCOc1ccc(S(=O)(=O)N2CCOCC2)cc1)Cc1ccccc1F. The number of nitrogens with zero attached hydrogens (tertiary/aromatic N) is 2. The fourth-order valence-electron chi connectivity index (χ4n) is 3.33. The Morgan fingerprint density at radius 2 is 1.74 bits per heavy atom. The minimum absolute atomic E-state index is 0.0769. The molecule has 2 aromatic carbocycles. The lowest BCUT2D eigenvalue weighted by molar-refractivity contribution is -0.121. The third-order valence-corrected chi connectivity index (χ3v) is 8.33. The summed E-state index contributed by atoms with van der Waals surface area (Å²) in [6, 6.07) is 11.7. The molecular formula is C22H28FN3O7S2. The van der Waals surface area contributed by atoms with Gasteiger partial charge in [-0.25, -0.2) is 21.2 Å². The van der Waals surface area contributed by atoms with Crippen molar-refractivity contribution in [2.45, 2.75) is 11.4 Å². The number of amides is 1. The molecule has 1 fully saturated rings. The Kier molecular flexibility index (Phi) is 9.19. The zero-order valence-corrected chi connectivity index (χ0v) is 20.9. The molecule has 2 aromatic rings. The highest BCUT2D eigenvalue weighted by atomic mass is 32.2. The van der Waals surface area contributed by atoms with Crippen molar-refractivity contribution in [1.29, 1.82) is 0 Å². The maximum Gasteiger partial charge on any atom is 0.243 e. The van der Waals surface area contributed by atoms with Crippen molar-refractivity contribution in [3.63, 3.8) is 0 Å². The van der Waals surface area contributed by atoms with Crippen molar-refractivity contribution in [2.24, 2.45) is 0 Å². The van der Waals surface area contributed by atoms with Crippen LogP contribution in [0.4, 0.5) is 4.39 Å². The van der Waals surface area contributed by atoms with E-state index in [0.29, 0.717) is 32.1 Å². The van der Waals surface area contributed by atoms with Gasteiger partial charge in [-0.05, 0) is 30.3 Å². The Morgan fingerprint density at radius 1 is 1.09 bits per heavy atom. The second-order valence-corrected chi connectivity index (χ2v) is 11.7. The van der Waals surface area contributed by atoms with Crippen LogP contribution in [0.2, 0.25) is 0 Å². The highest BCUT2D eigenvalue weighted by Gasteiger charge is 2.26. The zero-order chi connectivity index (χ0) is 25.5. The molecule has 1 saturated heterocycles. The van der Waals surface area contributed by atoms with E-state index in [9.17, 15) is 26.0 Å². The quantitative estimate of drug-likeness (QED) is 0.428. The number of sulfonamides is 2. The summed E-state index contributed by atoms with van der Waals surface area (Å²) in [5, 5.41) is 2.56. The van der Waals surface area contributed by atoms with E-state index in [4.69, 9.17) is 9.47 Å². The van der Waals surface area contributed by atoms with Crippen LogP contribution in [0.3, 0.4) is 0 Å². The number of hydrogen-bond acceptors (Lipinski definition) is 7. The summed E-state index contributed by atoms with van der Waals surface area (Å²) in [6.07, 6.45) is 0.952. The van der Waals surface area contributed by atoms with Gasteiger partial charge in [-0.3, -0.25) is 4.79 Å². The van der Waals surface area contributed by atoms with Crippen molar-refractivity contribution >= 4 is 26.0 Å². The van der Waals surface area contributed by atoms with E-state index in [0.717, 1.165) is 10.6 Å². The summed E-state index contributed by atoms with van der Waals surface area (Å²) < 4.78 is 76.2. The summed E-state index contributed by atoms with van der Waals surface area (Å²) >= 11 is 0. The monoisotopic (exact) mass is 529 g/mol. The first-order valence-electron chi connectivity index (χ1n) is 10.8. The average molecular weight is 530 g/mol. The van der Waals surface area contributed by atoms with Crippen LogP contribution in [0.25, 0.3) is 0 Å². The number of nitrogens with one attached hydrogen (secondary N) is 1. The van der Waals surface area contributed by atoms with Crippen LogP contribution < -0.4 is 10.1 Å². The van der Waals surface area contributed by atoms with Crippen molar-refractivity contribution in [2.75, 3.05) is 52.3 Å². The van der Waals surface area contributed by atoms with Crippen LogP contribution in [0, 0.1) is 5.82 Å². The fourth-order valence-corrected chi connectivity index (χ4v) is 5.46. The number of morpholine rings is 1. The Bertz CT molecular complexity index is 1220. The van der Waals surface area contributed by atoms with Crippen LogP contribution in [-0.4, -0.2) is 83.6 Å². The number of ether oxygens (including phenoxy) is 2. The molecule has 1 aliphatic heterocycles. The predicted octanol–water partition coefficient (Wildman–Crippen LogP) is 0.803. The molecule has 0 atom stereocenters. The maximum atomic E-state index is 13.9. The normalized spacial score (nSPS) is 15.2. The Labute approximate surface area is 204 Å². The third-order valence-electron chi connectivity index (χ3n) is 5.22. The van der Waals surface area contributed by atoms with Crippen molar-refractivity contribution in [3.05, 3.63) is 59.9 Å². The molecule has 13 heteroatoms. The van der Waals surface area contributed by atoms with Crippen LogP contribution >= 0.6 is 0 Å². The van der Waals surface area contributed by atoms with Crippen molar-refractivity contribution in [3.8, 4) is 5.75 Å². The van der Waals surface area contributed by atoms with E-state index in [-0.39, 0.29) is 30.2 Å². The summed E-state index contributed by atoms with van der Waals surface area (Å²) in [6.45, 7) is 0.747. The van der Waals surface area contributed by atoms with Gasteiger partial charge in [-0.1, -0.05) is 18.2 Å². The molecule has 0 aliphatic carbocycles. The Morgan fingerprint density at radius 3 is 2.37 bits per heavy atom. The fraction of sp³-hybridized carbons (Fsp3) is 0.409. The van der Waals surface area contributed by atoms with Gasteiger partial charge in [0, 0.05) is 25.2 Å². The standard InChI is InChI=1S/C22H28FN3O7S2/c1-34(28,29)26(16-18-4-2-3-5-21(18)23)17-22(27)24-10-13-33-19-6-8-20(9-7-19)35(30,31)25-11-14-32-15-12-25/h2-9H,10-17H2,1H3,(H,24,27). The van der Waals surface area contributed by atoms with Gasteiger partial charge in [0.05, 0.1) is 37.5 Å². The molecule has 0 bridgehead atoms. The first-order valence-corrected chi connectivity index (χ1v) is 14.1. The van der Waals surface area contributed by atoms with Crippen LogP contribution in [0.15, 0.2) is 53.4 Å². The maximum absolute atomic E-state index is 13.9. The number of rotatable bonds is 11. The number of benzene rings is 2. The number of carbonyl (C=O) groups excluding carboxylic acids is 1. The Hall–Kier alpha value is -2.58. The molecule has 3 rings (SSSR count). The summed E-state index contributed by atoms with van der Waals surface area (Å²) in [5.41, 5.74) is 0.160. The van der Waals surface area contributed by atoms with Gasteiger partial charge in [0.25, 0.3) is 0 Å². The second kappa shape index (κ2) is 11.9. The van der Waals surface area contributed by atoms with Gasteiger partial charge in [0.2, 0.25) is 26.0 Å². The zero-order valence-electron chi connectivity index (χ0n) is 19.2. The molecule has 0 radical (unpaired) electrons. The lowest BCUT2D eigenvalue weighted by atomic mass is 10.2.